The van der Waals surface area contributed by atoms with Crippen molar-refractivity contribution in [3.05, 3.63) is 24.3 Å². The van der Waals surface area contributed by atoms with Gasteiger partial charge in [-0.1, -0.05) is 23.5 Å². The third-order valence-corrected chi connectivity index (χ3v) is 4.26. The van der Waals surface area contributed by atoms with Gasteiger partial charge in [0.15, 0.2) is 5.13 Å². The van der Waals surface area contributed by atoms with E-state index >= 15 is 0 Å². The summed E-state index contributed by atoms with van der Waals surface area (Å²) in [6.45, 7) is 0.466. The number of aliphatic carboxylic acids is 1. The molecule has 6 nitrogen and oxygen atoms in total. The van der Waals surface area contributed by atoms with E-state index in [-0.39, 0.29) is 0 Å². The van der Waals surface area contributed by atoms with E-state index in [1.54, 1.807) is 0 Å². The Morgan fingerprint density at radius 3 is 2.95 bits per heavy atom. The highest BCUT2D eigenvalue weighted by Crippen LogP contribution is 2.26. The SMILES string of the molecule is O=C(O)[C@H]1CCCN1C(=O)Nc1nc2ccccc2s1. The molecule has 7 heteroatoms. The van der Waals surface area contributed by atoms with Crippen molar-refractivity contribution in [2.45, 2.75) is 18.9 Å². The van der Waals surface area contributed by atoms with E-state index in [1.807, 2.05) is 24.3 Å². The number of para-hydroxylation sites is 1. The Labute approximate surface area is 119 Å². The maximum Gasteiger partial charge on any atom is 0.326 e. The van der Waals surface area contributed by atoms with Crippen LogP contribution >= 0.6 is 11.3 Å². The number of anilines is 1. The number of carbonyl (C=O) groups is 2. The molecule has 0 bridgehead atoms. The molecule has 0 spiro atoms. The number of nitrogens with zero attached hydrogens (tertiary/aromatic N) is 2. The monoisotopic (exact) mass is 291 g/mol. The van der Waals surface area contributed by atoms with Crippen LogP contribution in [0.25, 0.3) is 10.2 Å². The van der Waals surface area contributed by atoms with E-state index in [0.29, 0.717) is 24.5 Å². The van der Waals surface area contributed by atoms with Crippen LogP contribution in [-0.4, -0.2) is 39.6 Å². The highest BCUT2D eigenvalue weighted by molar-refractivity contribution is 7.22. The number of carboxylic acid groups (broad SMARTS) is 1. The van der Waals surface area contributed by atoms with Crippen LogP contribution < -0.4 is 5.32 Å². The molecule has 1 aliphatic rings. The fourth-order valence-electron chi connectivity index (χ4n) is 2.36. The lowest BCUT2D eigenvalue weighted by atomic mass is 10.2. The van der Waals surface area contributed by atoms with E-state index < -0.39 is 18.0 Å². The lowest BCUT2D eigenvalue weighted by Gasteiger charge is -2.20. The highest BCUT2D eigenvalue weighted by Gasteiger charge is 2.34. The third-order valence-electron chi connectivity index (χ3n) is 3.31. The predicted octanol–water partition coefficient (Wildman–Crippen LogP) is 2.38. The Balaban J connectivity index is 1.76. The van der Waals surface area contributed by atoms with Crippen LogP contribution in [0.4, 0.5) is 9.93 Å². The first kappa shape index (κ1) is 12.9. The summed E-state index contributed by atoms with van der Waals surface area (Å²) >= 11 is 1.38. The molecule has 2 amide bonds. The number of carbonyl (C=O) groups excluding carboxylic acids is 1. The molecule has 2 heterocycles. The average Bonchev–Trinajstić information content (AvgIpc) is 3.04. The minimum Gasteiger partial charge on any atom is -0.480 e. The standard InChI is InChI=1S/C13H13N3O3S/c17-11(18)9-5-3-7-16(9)13(19)15-12-14-8-4-1-2-6-10(8)20-12/h1-2,4,6,9H,3,5,7H2,(H,17,18)(H,14,15,19)/t9-/m1/s1. The van der Waals surface area contributed by atoms with Gasteiger partial charge in [0.1, 0.15) is 6.04 Å². The molecular formula is C13H13N3O3S. The summed E-state index contributed by atoms with van der Waals surface area (Å²) < 4.78 is 0.985. The number of urea groups is 1. The number of thiazole rings is 1. The van der Waals surface area contributed by atoms with Crippen LogP contribution in [0.5, 0.6) is 0 Å². The van der Waals surface area contributed by atoms with Crippen molar-refractivity contribution in [2.75, 3.05) is 11.9 Å². The molecule has 1 aromatic carbocycles. The molecule has 1 atom stereocenters. The molecule has 0 unspecified atom stereocenters. The van der Waals surface area contributed by atoms with Crippen LogP contribution in [0.3, 0.4) is 0 Å². The molecule has 1 aliphatic heterocycles. The number of likely N-dealkylation sites (tertiary alicyclic amines) is 1. The maximum absolute atomic E-state index is 12.1. The van der Waals surface area contributed by atoms with Crippen LogP contribution in [0.1, 0.15) is 12.8 Å². The molecule has 0 aliphatic carbocycles. The number of hydrogen-bond acceptors (Lipinski definition) is 4. The second-order valence-electron chi connectivity index (χ2n) is 4.61. The number of aromatic nitrogens is 1. The largest absolute Gasteiger partial charge is 0.480 e. The zero-order valence-corrected chi connectivity index (χ0v) is 11.4. The Morgan fingerprint density at radius 1 is 1.40 bits per heavy atom. The van der Waals surface area contributed by atoms with Crippen LogP contribution in [0.2, 0.25) is 0 Å². The van der Waals surface area contributed by atoms with Gasteiger partial charge in [-0.3, -0.25) is 5.32 Å². The number of carboxylic acids is 1. The molecule has 2 N–H and O–H groups in total. The van der Waals surface area contributed by atoms with Gasteiger partial charge >= 0.3 is 12.0 Å². The first-order valence-corrected chi connectivity index (χ1v) is 7.13. The van der Waals surface area contributed by atoms with Crippen molar-refractivity contribution in [1.82, 2.24) is 9.88 Å². The maximum atomic E-state index is 12.1. The zero-order chi connectivity index (χ0) is 14.1. The minimum absolute atomic E-state index is 0.394. The van der Waals surface area contributed by atoms with Gasteiger partial charge in [0.05, 0.1) is 10.2 Å². The molecule has 0 saturated carbocycles. The van der Waals surface area contributed by atoms with Crippen molar-refractivity contribution in [1.29, 1.82) is 0 Å². The number of benzene rings is 1. The summed E-state index contributed by atoms with van der Waals surface area (Å²) in [4.78, 5) is 28.9. The number of hydrogen-bond donors (Lipinski definition) is 2. The minimum atomic E-state index is -0.957. The molecule has 1 aromatic heterocycles. The van der Waals surface area contributed by atoms with Gasteiger partial charge in [0, 0.05) is 6.54 Å². The zero-order valence-electron chi connectivity index (χ0n) is 10.6. The smallest absolute Gasteiger partial charge is 0.326 e. The Bertz CT molecular complexity index is 637. The number of amides is 2. The van der Waals surface area contributed by atoms with E-state index in [9.17, 15) is 9.59 Å². The van der Waals surface area contributed by atoms with Gasteiger partial charge in [0.25, 0.3) is 0 Å². The molecule has 3 rings (SSSR count). The molecular weight excluding hydrogens is 278 g/mol. The fraction of sp³-hybridized carbons (Fsp3) is 0.308. The molecule has 104 valence electrons. The van der Waals surface area contributed by atoms with E-state index in [1.165, 1.54) is 16.2 Å². The quantitative estimate of drug-likeness (QED) is 0.890. The lowest BCUT2D eigenvalue weighted by molar-refractivity contribution is -0.141. The van der Waals surface area contributed by atoms with Crippen molar-refractivity contribution in [3.63, 3.8) is 0 Å². The second-order valence-corrected chi connectivity index (χ2v) is 5.64. The normalized spacial score (nSPS) is 18.4. The Hall–Kier alpha value is -2.15. The summed E-state index contributed by atoms with van der Waals surface area (Å²) in [7, 11) is 0. The first-order chi connectivity index (χ1) is 9.65. The summed E-state index contributed by atoms with van der Waals surface area (Å²) in [5, 5.41) is 12.3. The number of nitrogens with one attached hydrogen (secondary N) is 1. The summed E-state index contributed by atoms with van der Waals surface area (Å²) in [6.07, 6.45) is 1.22. The van der Waals surface area contributed by atoms with E-state index in [2.05, 4.69) is 10.3 Å². The van der Waals surface area contributed by atoms with Crippen molar-refractivity contribution in [3.8, 4) is 0 Å². The summed E-state index contributed by atoms with van der Waals surface area (Å²) in [6, 6.07) is 6.47. The lowest BCUT2D eigenvalue weighted by Crippen LogP contribution is -2.42. The number of rotatable bonds is 2. The van der Waals surface area contributed by atoms with E-state index in [4.69, 9.17) is 5.11 Å². The predicted molar refractivity (Wildman–Crippen MR) is 76.0 cm³/mol. The average molecular weight is 291 g/mol. The van der Waals surface area contributed by atoms with Crippen LogP contribution in [-0.2, 0) is 4.79 Å². The highest BCUT2D eigenvalue weighted by atomic mass is 32.1. The van der Waals surface area contributed by atoms with Crippen molar-refractivity contribution in [2.24, 2.45) is 0 Å². The third kappa shape index (κ3) is 2.32. The molecule has 1 saturated heterocycles. The van der Waals surface area contributed by atoms with E-state index in [0.717, 1.165) is 10.2 Å². The van der Waals surface area contributed by atoms with Gasteiger partial charge in [-0.25, -0.2) is 14.6 Å². The first-order valence-electron chi connectivity index (χ1n) is 6.31. The second kappa shape index (κ2) is 5.09. The van der Waals surface area contributed by atoms with Gasteiger partial charge in [-0.2, -0.15) is 0 Å². The topological polar surface area (TPSA) is 82.5 Å². The summed E-state index contributed by atoms with van der Waals surface area (Å²) in [5.74, 6) is -0.957. The Kier molecular flexibility index (Phi) is 3.27. The number of fused-ring (bicyclic) bond motifs is 1. The molecule has 1 fully saturated rings. The van der Waals surface area contributed by atoms with Crippen LogP contribution in [0.15, 0.2) is 24.3 Å². The van der Waals surface area contributed by atoms with Gasteiger partial charge in [-0.05, 0) is 25.0 Å². The molecule has 20 heavy (non-hydrogen) atoms. The van der Waals surface area contributed by atoms with Gasteiger partial charge in [-0.15, -0.1) is 0 Å². The Morgan fingerprint density at radius 2 is 2.20 bits per heavy atom. The van der Waals surface area contributed by atoms with Gasteiger partial charge in [0.2, 0.25) is 0 Å². The molecule has 2 aromatic rings. The summed E-state index contributed by atoms with van der Waals surface area (Å²) in [5.41, 5.74) is 0.823. The molecule has 0 radical (unpaired) electrons. The van der Waals surface area contributed by atoms with Crippen LogP contribution in [0, 0.1) is 0 Å². The van der Waals surface area contributed by atoms with Crippen molar-refractivity contribution >= 4 is 38.7 Å². The fourth-order valence-corrected chi connectivity index (χ4v) is 3.21. The van der Waals surface area contributed by atoms with Gasteiger partial charge < -0.3 is 10.0 Å². The van der Waals surface area contributed by atoms with Crippen molar-refractivity contribution < 1.29 is 14.7 Å².